The molecule has 2 heterocycles. The van der Waals surface area contributed by atoms with Gasteiger partial charge in [-0.25, -0.2) is 4.79 Å². The molecule has 1 saturated heterocycles. The van der Waals surface area contributed by atoms with E-state index in [0.29, 0.717) is 5.56 Å². The van der Waals surface area contributed by atoms with Crippen molar-refractivity contribution < 1.29 is 59.0 Å². The first-order valence-corrected chi connectivity index (χ1v) is 5.69. The topological polar surface area (TPSA) is 223 Å². The van der Waals surface area contributed by atoms with Crippen LogP contribution in [0, 0.1) is 6.92 Å². The van der Waals surface area contributed by atoms with Gasteiger partial charge in [-0.15, -0.1) is 0 Å². The van der Waals surface area contributed by atoms with Crippen LogP contribution in [0.15, 0.2) is 20.9 Å². The number of ether oxygens (including phenoxy) is 1. The number of aryl methyl sites for hydroxylation is 1. The molecular formula is C10H16N5O7Y. The minimum absolute atomic E-state index is 0. The molecule has 23 heavy (non-hydrogen) atoms. The monoisotopic (exact) mass is 407 g/mol. The molecule has 12 nitrogen and oxygen atoms in total. The van der Waals surface area contributed by atoms with Gasteiger partial charge in [-0.2, -0.15) is 0 Å². The first-order valence-electron chi connectivity index (χ1n) is 5.69. The minimum atomic E-state index is -0.671. The molecular weight excluding hydrogens is 391 g/mol. The third kappa shape index (κ3) is 5.79. The Bertz CT molecular complexity index is 641. The predicted molar refractivity (Wildman–Crippen MR) is 70.4 cm³/mol. The van der Waals surface area contributed by atoms with Gasteiger partial charge in [-0.1, -0.05) is 5.11 Å². The number of aliphatic hydroxyl groups excluding tert-OH is 1. The molecule has 0 spiro atoms. The zero-order valence-electron chi connectivity index (χ0n) is 12.1. The zero-order chi connectivity index (χ0) is 14.0. The fourth-order valence-corrected chi connectivity index (χ4v) is 2.04. The van der Waals surface area contributed by atoms with Crippen molar-refractivity contribution in [3.05, 3.63) is 43.0 Å². The predicted octanol–water partition coefficient (Wildman–Crippen LogP) is -0.729. The fraction of sp³-hybridized carbons (Fsp3) is 0.600. The molecule has 1 aromatic rings. The van der Waals surface area contributed by atoms with E-state index in [9.17, 15) is 9.59 Å². The van der Waals surface area contributed by atoms with E-state index in [0.717, 1.165) is 0 Å². The number of nitrogens with one attached hydrogen (secondary N) is 1. The van der Waals surface area contributed by atoms with Crippen LogP contribution in [0.4, 0.5) is 0 Å². The van der Waals surface area contributed by atoms with Crippen molar-refractivity contribution >= 4 is 0 Å². The molecule has 0 aromatic carbocycles. The number of aromatic nitrogens is 2. The number of nitrogens with zero attached hydrogens (tertiary/aromatic N) is 4. The maximum atomic E-state index is 11.7. The molecule has 1 aromatic heterocycles. The molecule has 1 aliphatic heterocycles. The van der Waals surface area contributed by atoms with Gasteiger partial charge in [0.2, 0.25) is 0 Å². The molecule has 13 heteroatoms. The summed E-state index contributed by atoms with van der Waals surface area (Å²) in [5, 5.41) is 12.7. The van der Waals surface area contributed by atoms with Crippen LogP contribution in [0.5, 0.6) is 0 Å². The summed E-state index contributed by atoms with van der Waals surface area (Å²) in [5.74, 6) is 0. The molecule has 0 saturated carbocycles. The maximum Gasteiger partial charge on any atom is 3.00 e. The van der Waals surface area contributed by atoms with Gasteiger partial charge in [0, 0.05) is 23.1 Å². The maximum absolute atomic E-state index is 11.7. The Morgan fingerprint density at radius 2 is 2.09 bits per heavy atom. The van der Waals surface area contributed by atoms with Crippen LogP contribution < -0.4 is 11.2 Å². The van der Waals surface area contributed by atoms with Crippen LogP contribution in [-0.4, -0.2) is 49.8 Å². The first kappa shape index (κ1) is 26.8. The van der Waals surface area contributed by atoms with Crippen LogP contribution in [0.3, 0.4) is 0 Å². The number of aliphatic hydroxyl groups is 1. The summed E-state index contributed by atoms with van der Waals surface area (Å²) in [7, 11) is 0. The normalized spacial score (nSPS) is 21.6. The van der Waals surface area contributed by atoms with E-state index < -0.39 is 29.6 Å². The third-order valence-electron chi connectivity index (χ3n) is 3.04. The van der Waals surface area contributed by atoms with Gasteiger partial charge >= 0.3 is 38.4 Å². The molecule has 0 unspecified atom stereocenters. The number of hydrogen-bond donors (Lipinski definition) is 2. The molecule has 126 valence electrons. The Kier molecular flexibility index (Phi) is 13.3. The van der Waals surface area contributed by atoms with Crippen LogP contribution >= 0.6 is 0 Å². The van der Waals surface area contributed by atoms with Crippen LogP contribution in [0.25, 0.3) is 10.4 Å². The second-order valence-corrected chi connectivity index (χ2v) is 4.30. The van der Waals surface area contributed by atoms with Gasteiger partial charge in [0.25, 0.3) is 5.56 Å². The Balaban J connectivity index is -0.000001000. The molecule has 3 atom stereocenters. The summed E-state index contributed by atoms with van der Waals surface area (Å²) in [6, 6.07) is -0.542. The Morgan fingerprint density at radius 1 is 1.48 bits per heavy atom. The summed E-state index contributed by atoms with van der Waals surface area (Å²) in [5.41, 5.74) is 7.76. The van der Waals surface area contributed by atoms with Gasteiger partial charge in [-0.3, -0.25) is 14.3 Å². The average molecular weight is 407 g/mol. The third-order valence-corrected chi connectivity index (χ3v) is 3.04. The van der Waals surface area contributed by atoms with Crippen molar-refractivity contribution in [3.8, 4) is 0 Å². The van der Waals surface area contributed by atoms with Gasteiger partial charge in [-0.05, 0) is 12.5 Å². The number of H-pyrrole nitrogens is 1. The van der Waals surface area contributed by atoms with E-state index in [1.807, 2.05) is 0 Å². The van der Waals surface area contributed by atoms with Gasteiger partial charge < -0.3 is 26.3 Å². The van der Waals surface area contributed by atoms with Crippen molar-refractivity contribution in [2.24, 2.45) is 5.11 Å². The molecule has 0 amide bonds. The Labute approximate surface area is 154 Å². The van der Waals surface area contributed by atoms with E-state index in [1.165, 1.54) is 10.8 Å². The standard InChI is InChI=1S/C10H13N5O4.3H2O.Y/c1-5-3-15(10(18)12-9(5)17)8-2-6(13-14-11)7(4-16)19-8;;;;/h3,6-8,16H,2,4H2,1H3,(H,12,17,18);3*1H2;/q;;;;+3/p-3/t6-,7+,8+;;;;/m0..../s1. The van der Waals surface area contributed by atoms with Crippen molar-refractivity contribution in [1.82, 2.24) is 9.55 Å². The summed E-state index contributed by atoms with van der Waals surface area (Å²) >= 11 is 0. The molecule has 0 aliphatic carbocycles. The summed E-state index contributed by atoms with van der Waals surface area (Å²) in [4.78, 5) is 27.8. The quantitative estimate of drug-likeness (QED) is 0.371. The number of azide groups is 1. The minimum Gasteiger partial charge on any atom is -0.870 e. The second kappa shape index (κ2) is 11.4. The molecule has 5 N–H and O–H groups in total. The number of hydrogen-bond acceptors (Lipinski definition) is 8. The van der Waals surface area contributed by atoms with Gasteiger partial charge in [0.1, 0.15) is 6.23 Å². The van der Waals surface area contributed by atoms with E-state index in [4.69, 9.17) is 15.4 Å². The SMILES string of the molecule is Cc1cn([C@H]2C[C@H](N=[N+]=[N-])[C@@H](CO)O2)c(=O)[nH]c1=O.[OH-].[OH-].[OH-].[Y+3]. The Hall–Kier alpha value is -1.11. The summed E-state index contributed by atoms with van der Waals surface area (Å²) < 4.78 is 6.69. The van der Waals surface area contributed by atoms with Gasteiger partial charge in [0.15, 0.2) is 0 Å². The van der Waals surface area contributed by atoms with E-state index in [2.05, 4.69) is 15.0 Å². The average Bonchev–Trinajstić information content (AvgIpc) is 2.77. The summed E-state index contributed by atoms with van der Waals surface area (Å²) in [6.45, 7) is 1.26. The van der Waals surface area contributed by atoms with E-state index >= 15 is 0 Å². The molecule has 1 fully saturated rings. The first-order chi connectivity index (χ1) is 9.06. The van der Waals surface area contributed by atoms with Crippen molar-refractivity contribution in [2.75, 3.05) is 6.61 Å². The number of aromatic amines is 1. The molecule has 0 radical (unpaired) electrons. The Morgan fingerprint density at radius 3 is 2.61 bits per heavy atom. The zero-order valence-corrected chi connectivity index (χ0v) is 14.9. The van der Waals surface area contributed by atoms with E-state index in [-0.39, 0.29) is 62.2 Å². The molecule has 0 bridgehead atoms. The second-order valence-electron chi connectivity index (χ2n) is 4.30. The van der Waals surface area contributed by atoms with Gasteiger partial charge in [0.05, 0.1) is 18.8 Å². The molecule has 1 aliphatic rings. The molecule has 2 rings (SSSR count). The summed E-state index contributed by atoms with van der Waals surface area (Å²) in [6.07, 6.45) is 0.329. The smallest absolute Gasteiger partial charge is 0.870 e. The number of rotatable bonds is 3. The largest absolute Gasteiger partial charge is 3.00 e. The fourth-order valence-electron chi connectivity index (χ4n) is 2.04. The van der Waals surface area contributed by atoms with Crippen molar-refractivity contribution in [2.45, 2.75) is 31.7 Å². The van der Waals surface area contributed by atoms with Crippen molar-refractivity contribution in [1.29, 1.82) is 0 Å². The van der Waals surface area contributed by atoms with Crippen LogP contribution in [0.1, 0.15) is 18.2 Å². The van der Waals surface area contributed by atoms with Crippen LogP contribution in [0.2, 0.25) is 0 Å². The van der Waals surface area contributed by atoms with E-state index in [1.54, 1.807) is 6.92 Å². The van der Waals surface area contributed by atoms with Crippen LogP contribution in [-0.2, 0) is 37.4 Å². The van der Waals surface area contributed by atoms with Crippen molar-refractivity contribution in [3.63, 3.8) is 0 Å².